The third-order valence-corrected chi connectivity index (χ3v) is 5.10. The average molecular weight is 311 g/mol. The van der Waals surface area contributed by atoms with Gasteiger partial charge in [-0.3, -0.25) is 9.69 Å². The van der Waals surface area contributed by atoms with Crippen LogP contribution in [0.15, 0.2) is 18.3 Å². The Morgan fingerprint density at radius 1 is 1.26 bits per heavy atom. The van der Waals surface area contributed by atoms with Crippen LogP contribution < -0.4 is 4.90 Å². The lowest BCUT2D eigenvalue weighted by Crippen LogP contribution is -2.41. The number of anilines is 1. The largest absolute Gasteiger partial charge is 0.392 e. The van der Waals surface area contributed by atoms with Crippen molar-refractivity contribution in [2.45, 2.75) is 45.8 Å². The molecule has 1 aliphatic heterocycles. The first-order valence-corrected chi connectivity index (χ1v) is 8.29. The molecule has 4 rings (SSSR count). The summed E-state index contributed by atoms with van der Waals surface area (Å²) in [6.45, 7) is 3.25. The summed E-state index contributed by atoms with van der Waals surface area (Å²) in [5.74, 6) is 0.598. The Labute approximate surface area is 135 Å². The van der Waals surface area contributed by atoms with E-state index in [-0.39, 0.29) is 12.5 Å². The van der Waals surface area contributed by atoms with E-state index in [1.165, 1.54) is 24.1 Å². The molecule has 0 saturated heterocycles. The van der Waals surface area contributed by atoms with Gasteiger partial charge in [-0.1, -0.05) is 0 Å². The van der Waals surface area contributed by atoms with Crippen molar-refractivity contribution < 1.29 is 9.90 Å². The number of aryl methyl sites for hydroxylation is 2. The van der Waals surface area contributed by atoms with Crippen molar-refractivity contribution in [3.05, 3.63) is 46.4 Å². The summed E-state index contributed by atoms with van der Waals surface area (Å²) < 4.78 is 2.20. The van der Waals surface area contributed by atoms with Gasteiger partial charge in [0.1, 0.15) is 11.5 Å². The van der Waals surface area contributed by atoms with Gasteiger partial charge in [-0.05, 0) is 55.9 Å². The van der Waals surface area contributed by atoms with Gasteiger partial charge in [0.2, 0.25) is 0 Å². The number of nitrogens with zero attached hydrogens (tertiary/aromatic N) is 3. The molecule has 2 aromatic rings. The predicted octanol–water partition coefficient (Wildman–Crippen LogP) is 2.22. The van der Waals surface area contributed by atoms with Crippen molar-refractivity contribution in [2.24, 2.45) is 0 Å². The minimum absolute atomic E-state index is 0.00144. The molecule has 0 saturated carbocycles. The maximum absolute atomic E-state index is 13.0. The SMILES string of the molecule is Cc1ccnc(N2CCn3c(cc4c3CCCC4)C2=O)c1CO. The maximum Gasteiger partial charge on any atom is 0.276 e. The Kier molecular flexibility index (Phi) is 3.45. The molecule has 1 N–H and O–H groups in total. The van der Waals surface area contributed by atoms with Crippen LogP contribution in [0.4, 0.5) is 5.82 Å². The Balaban J connectivity index is 1.76. The molecule has 0 atom stereocenters. The van der Waals surface area contributed by atoms with Crippen LogP contribution in [0.2, 0.25) is 0 Å². The van der Waals surface area contributed by atoms with Crippen LogP contribution in [0.1, 0.15) is 45.7 Å². The van der Waals surface area contributed by atoms with Crippen molar-refractivity contribution in [1.29, 1.82) is 0 Å². The minimum atomic E-state index is -0.101. The quantitative estimate of drug-likeness (QED) is 0.925. The van der Waals surface area contributed by atoms with E-state index in [0.717, 1.165) is 36.2 Å². The van der Waals surface area contributed by atoms with E-state index in [2.05, 4.69) is 15.6 Å². The molecule has 2 aromatic heterocycles. The highest BCUT2D eigenvalue weighted by atomic mass is 16.3. The topological polar surface area (TPSA) is 58.4 Å². The Bertz CT molecular complexity index is 779. The van der Waals surface area contributed by atoms with Crippen LogP contribution >= 0.6 is 0 Å². The number of aliphatic hydroxyl groups is 1. The zero-order valence-electron chi connectivity index (χ0n) is 13.4. The monoisotopic (exact) mass is 311 g/mol. The number of carbonyl (C=O) groups excluding carboxylic acids is 1. The Morgan fingerprint density at radius 2 is 2.09 bits per heavy atom. The van der Waals surface area contributed by atoms with E-state index < -0.39 is 0 Å². The standard InChI is InChI=1S/C18H21N3O2/c1-12-6-7-19-17(14(12)11-22)21-9-8-20-15-5-3-2-4-13(15)10-16(20)18(21)23/h6-7,10,22H,2-5,8-9,11H2,1H3. The van der Waals surface area contributed by atoms with Crippen molar-refractivity contribution in [1.82, 2.24) is 9.55 Å². The van der Waals surface area contributed by atoms with E-state index in [1.807, 2.05) is 13.0 Å². The summed E-state index contributed by atoms with van der Waals surface area (Å²) in [7, 11) is 0. The lowest BCUT2D eigenvalue weighted by atomic mass is 9.98. The molecule has 5 heteroatoms. The molecule has 120 valence electrons. The predicted molar refractivity (Wildman–Crippen MR) is 87.6 cm³/mol. The fourth-order valence-corrected chi connectivity index (χ4v) is 3.84. The van der Waals surface area contributed by atoms with Gasteiger partial charge in [0.05, 0.1) is 6.61 Å². The lowest BCUT2D eigenvalue weighted by molar-refractivity contribution is 0.0963. The summed E-state index contributed by atoms with van der Waals surface area (Å²) in [6.07, 6.45) is 6.28. The van der Waals surface area contributed by atoms with E-state index in [1.54, 1.807) is 11.1 Å². The van der Waals surface area contributed by atoms with Crippen LogP contribution in [0.25, 0.3) is 0 Å². The molecular weight excluding hydrogens is 290 g/mol. The number of rotatable bonds is 2. The van der Waals surface area contributed by atoms with Gasteiger partial charge in [-0.25, -0.2) is 4.98 Å². The molecule has 0 bridgehead atoms. The molecule has 0 fully saturated rings. The molecular formula is C18H21N3O2. The molecule has 2 aliphatic rings. The van der Waals surface area contributed by atoms with Gasteiger partial charge >= 0.3 is 0 Å². The van der Waals surface area contributed by atoms with Crippen molar-refractivity contribution >= 4 is 11.7 Å². The average Bonchev–Trinajstić information content (AvgIpc) is 2.95. The highest BCUT2D eigenvalue weighted by Crippen LogP contribution is 2.30. The number of carbonyl (C=O) groups is 1. The van der Waals surface area contributed by atoms with Crippen LogP contribution in [-0.4, -0.2) is 27.1 Å². The molecule has 1 amide bonds. The van der Waals surface area contributed by atoms with E-state index in [4.69, 9.17) is 0 Å². The summed E-state index contributed by atoms with van der Waals surface area (Å²) in [4.78, 5) is 19.1. The van der Waals surface area contributed by atoms with E-state index >= 15 is 0 Å². The van der Waals surface area contributed by atoms with Crippen LogP contribution in [0, 0.1) is 6.92 Å². The van der Waals surface area contributed by atoms with Crippen LogP contribution in [0.5, 0.6) is 0 Å². The van der Waals surface area contributed by atoms with E-state index in [9.17, 15) is 9.90 Å². The van der Waals surface area contributed by atoms with Gasteiger partial charge < -0.3 is 9.67 Å². The summed E-state index contributed by atoms with van der Waals surface area (Å²) >= 11 is 0. The second kappa shape index (κ2) is 5.49. The minimum Gasteiger partial charge on any atom is -0.392 e. The Hall–Kier alpha value is -2.14. The van der Waals surface area contributed by atoms with Gasteiger partial charge in [-0.2, -0.15) is 0 Å². The molecule has 0 spiro atoms. The molecule has 23 heavy (non-hydrogen) atoms. The number of hydrogen-bond acceptors (Lipinski definition) is 3. The Morgan fingerprint density at radius 3 is 2.91 bits per heavy atom. The first-order chi connectivity index (χ1) is 11.2. The highest BCUT2D eigenvalue weighted by Gasteiger charge is 2.31. The lowest BCUT2D eigenvalue weighted by Gasteiger charge is -2.30. The fraction of sp³-hybridized carbons (Fsp3) is 0.444. The van der Waals surface area contributed by atoms with Crippen molar-refractivity contribution in [2.75, 3.05) is 11.4 Å². The number of fused-ring (bicyclic) bond motifs is 3. The number of amides is 1. The van der Waals surface area contributed by atoms with Gasteiger partial charge in [0, 0.05) is 30.5 Å². The first kappa shape index (κ1) is 14.5. The van der Waals surface area contributed by atoms with Crippen molar-refractivity contribution in [3.63, 3.8) is 0 Å². The van der Waals surface area contributed by atoms with Crippen LogP contribution in [-0.2, 0) is 26.0 Å². The molecule has 0 unspecified atom stereocenters. The maximum atomic E-state index is 13.0. The molecule has 5 nitrogen and oxygen atoms in total. The third kappa shape index (κ3) is 2.18. The zero-order chi connectivity index (χ0) is 16.0. The first-order valence-electron chi connectivity index (χ1n) is 8.29. The number of pyridine rings is 1. The molecule has 1 aliphatic carbocycles. The zero-order valence-corrected chi connectivity index (χ0v) is 13.4. The van der Waals surface area contributed by atoms with E-state index in [0.29, 0.717) is 12.4 Å². The molecule has 0 aromatic carbocycles. The molecule has 0 radical (unpaired) electrons. The third-order valence-electron chi connectivity index (χ3n) is 5.10. The van der Waals surface area contributed by atoms with Crippen LogP contribution in [0.3, 0.4) is 0 Å². The second-order valence-electron chi connectivity index (χ2n) is 6.41. The van der Waals surface area contributed by atoms with Gasteiger partial charge in [0.25, 0.3) is 5.91 Å². The van der Waals surface area contributed by atoms with Crippen molar-refractivity contribution in [3.8, 4) is 0 Å². The number of hydrogen-bond donors (Lipinski definition) is 1. The van der Waals surface area contributed by atoms with Gasteiger partial charge in [0.15, 0.2) is 0 Å². The molecule has 3 heterocycles. The summed E-state index contributed by atoms with van der Waals surface area (Å²) in [6, 6.07) is 3.93. The fourth-order valence-electron chi connectivity index (χ4n) is 3.84. The number of aliphatic hydroxyl groups excluding tert-OH is 1. The summed E-state index contributed by atoms with van der Waals surface area (Å²) in [5.41, 5.74) is 5.16. The number of aromatic nitrogens is 2. The second-order valence-corrected chi connectivity index (χ2v) is 6.41. The summed E-state index contributed by atoms with van der Waals surface area (Å²) in [5, 5.41) is 9.66. The smallest absolute Gasteiger partial charge is 0.276 e. The highest BCUT2D eigenvalue weighted by molar-refractivity contribution is 6.06. The van der Waals surface area contributed by atoms with Gasteiger partial charge in [-0.15, -0.1) is 0 Å². The normalized spacial score (nSPS) is 17.1.